The molecule has 15 heavy (non-hydrogen) atoms. The summed E-state index contributed by atoms with van der Waals surface area (Å²) in [6.07, 6.45) is 0. The summed E-state index contributed by atoms with van der Waals surface area (Å²) in [5.74, 6) is 0.827. The summed E-state index contributed by atoms with van der Waals surface area (Å²) in [5, 5.41) is 9.38. The van der Waals surface area contributed by atoms with Crippen LogP contribution >= 0.6 is 0 Å². The molecule has 1 aromatic rings. The average molecular weight is 209 g/mol. The number of methoxy groups -OCH3 is 1. The summed E-state index contributed by atoms with van der Waals surface area (Å²) in [5.41, 5.74) is 7.50. The Morgan fingerprint density at radius 1 is 1.47 bits per heavy atom. The molecule has 1 rings (SSSR count). The number of aryl methyl sites for hydroxylation is 1. The van der Waals surface area contributed by atoms with Gasteiger partial charge in [0.15, 0.2) is 0 Å². The van der Waals surface area contributed by atoms with E-state index in [1.807, 2.05) is 32.0 Å². The van der Waals surface area contributed by atoms with Crippen molar-refractivity contribution in [3.05, 3.63) is 29.3 Å². The Morgan fingerprint density at radius 3 is 2.53 bits per heavy atom. The summed E-state index contributed by atoms with van der Waals surface area (Å²) in [7, 11) is 1.64. The van der Waals surface area contributed by atoms with E-state index in [-0.39, 0.29) is 12.0 Å². The second-order valence-electron chi connectivity index (χ2n) is 4.10. The van der Waals surface area contributed by atoms with Gasteiger partial charge in [-0.05, 0) is 30.2 Å². The first kappa shape index (κ1) is 12.0. The standard InChI is InChI=1S/C12H19NO2/c1-9-6-10(15-3)4-5-11(9)12(2,7-13)8-14/h4-6,14H,7-8,13H2,1-3H3. The number of aliphatic hydroxyl groups is 1. The minimum absolute atomic E-state index is 0.0523. The van der Waals surface area contributed by atoms with E-state index in [1.165, 1.54) is 0 Å². The first-order valence-electron chi connectivity index (χ1n) is 5.03. The lowest BCUT2D eigenvalue weighted by atomic mass is 9.81. The fraction of sp³-hybridized carbons (Fsp3) is 0.500. The highest BCUT2D eigenvalue weighted by Crippen LogP contribution is 2.27. The van der Waals surface area contributed by atoms with Gasteiger partial charge < -0.3 is 15.6 Å². The highest BCUT2D eigenvalue weighted by molar-refractivity contribution is 5.39. The Balaban J connectivity index is 3.14. The molecule has 0 fully saturated rings. The van der Waals surface area contributed by atoms with Crippen LogP contribution in [0.1, 0.15) is 18.1 Å². The van der Waals surface area contributed by atoms with Crippen LogP contribution in [0.3, 0.4) is 0 Å². The Labute approximate surface area is 90.9 Å². The van der Waals surface area contributed by atoms with Crippen LogP contribution in [-0.2, 0) is 5.41 Å². The lowest BCUT2D eigenvalue weighted by molar-refractivity contribution is 0.209. The molecule has 0 heterocycles. The summed E-state index contributed by atoms with van der Waals surface area (Å²) in [6, 6.07) is 5.82. The van der Waals surface area contributed by atoms with Crippen molar-refractivity contribution in [2.24, 2.45) is 5.73 Å². The molecule has 3 nitrogen and oxygen atoms in total. The van der Waals surface area contributed by atoms with Crippen molar-refractivity contribution in [3.8, 4) is 5.75 Å². The quantitative estimate of drug-likeness (QED) is 0.783. The third-order valence-electron chi connectivity index (χ3n) is 2.88. The van der Waals surface area contributed by atoms with Crippen molar-refractivity contribution < 1.29 is 9.84 Å². The summed E-state index contributed by atoms with van der Waals surface area (Å²) >= 11 is 0. The fourth-order valence-electron chi connectivity index (χ4n) is 1.70. The molecule has 3 heteroatoms. The molecular formula is C12H19NO2. The predicted octanol–water partition coefficient (Wildman–Crippen LogP) is 1.21. The molecule has 0 bridgehead atoms. The van der Waals surface area contributed by atoms with Crippen molar-refractivity contribution in [2.45, 2.75) is 19.3 Å². The molecule has 0 spiro atoms. The van der Waals surface area contributed by atoms with Crippen LogP contribution in [0.15, 0.2) is 18.2 Å². The van der Waals surface area contributed by atoms with Gasteiger partial charge in [0, 0.05) is 12.0 Å². The van der Waals surface area contributed by atoms with Crippen LogP contribution in [0.2, 0.25) is 0 Å². The predicted molar refractivity (Wildman–Crippen MR) is 61.2 cm³/mol. The lowest BCUT2D eigenvalue weighted by Gasteiger charge is -2.28. The van der Waals surface area contributed by atoms with E-state index < -0.39 is 0 Å². The maximum atomic E-state index is 9.38. The van der Waals surface area contributed by atoms with Gasteiger partial charge >= 0.3 is 0 Å². The molecule has 0 amide bonds. The second-order valence-corrected chi connectivity index (χ2v) is 4.10. The van der Waals surface area contributed by atoms with Gasteiger partial charge in [-0.3, -0.25) is 0 Å². The van der Waals surface area contributed by atoms with Crippen LogP contribution in [0.5, 0.6) is 5.75 Å². The van der Waals surface area contributed by atoms with Crippen LogP contribution in [0.25, 0.3) is 0 Å². The first-order chi connectivity index (χ1) is 7.07. The minimum Gasteiger partial charge on any atom is -0.497 e. The normalized spacial score (nSPS) is 14.7. The van der Waals surface area contributed by atoms with Crippen molar-refractivity contribution in [1.82, 2.24) is 0 Å². The van der Waals surface area contributed by atoms with Gasteiger partial charge in [-0.1, -0.05) is 13.0 Å². The molecule has 1 aromatic carbocycles. The van der Waals surface area contributed by atoms with E-state index >= 15 is 0 Å². The van der Waals surface area contributed by atoms with Gasteiger partial charge in [0.05, 0.1) is 13.7 Å². The van der Waals surface area contributed by atoms with Gasteiger partial charge in [0.1, 0.15) is 5.75 Å². The van der Waals surface area contributed by atoms with Crippen molar-refractivity contribution in [2.75, 3.05) is 20.3 Å². The molecule has 0 aromatic heterocycles. The van der Waals surface area contributed by atoms with Crippen molar-refractivity contribution in [1.29, 1.82) is 0 Å². The number of aliphatic hydroxyl groups excluding tert-OH is 1. The Kier molecular flexibility index (Phi) is 3.72. The van der Waals surface area contributed by atoms with E-state index in [2.05, 4.69) is 0 Å². The number of ether oxygens (including phenoxy) is 1. The van der Waals surface area contributed by atoms with Crippen LogP contribution in [0.4, 0.5) is 0 Å². The number of hydrogen-bond donors (Lipinski definition) is 2. The molecule has 0 saturated carbocycles. The summed E-state index contributed by atoms with van der Waals surface area (Å²) in [6.45, 7) is 4.44. The zero-order valence-corrected chi connectivity index (χ0v) is 9.58. The molecule has 0 aliphatic carbocycles. The zero-order chi connectivity index (χ0) is 11.5. The number of nitrogens with two attached hydrogens (primary N) is 1. The maximum Gasteiger partial charge on any atom is 0.119 e. The lowest BCUT2D eigenvalue weighted by Crippen LogP contribution is -2.36. The Morgan fingerprint density at radius 2 is 2.13 bits per heavy atom. The number of hydrogen-bond acceptors (Lipinski definition) is 3. The van der Waals surface area contributed by atoms with Crippen LogP contribution in [0, 0.1) is 6.92 Å². The van der Waals surface area contributed by atoms with Crippen molar-refractivity contribution in [3.63, 3.8) is 0 Å². The van der Waals surface area contributed by atoms with Gasteiger partial charge in [-0.2, -0.15) is 0 Å². The van der Waals surface area contributed by atoms with E-state index in [1.54, 1.807) is 7.11 Å². The molecular weight excluding hydrogens is 190 g/mol. The smallest absolute Gasteiger partial charge is 0.119 e. The van der Waals surface area contributed by atoms with E-state index in [0.717, 1.165) is 16.9 Å². The van der Waals surface area contributed by atoms with Gasteiger partial charge in [0.2, 0.25) is 0 Å². The first-order valence-corrected chi connectivity index (χ1v) is 5.03. The Hall–Kier alpha value is -1.06. The molecule has 1 atom stereocenters. The van der Waals surface area contributed by atoms with E-state index in [4.69, 9.17) is 10.5 Å². The highest BCUT2D eigenvalue weighted by atomic mass is 16.5. The molecule has 0 aliphatic heterocycles. The third-order valence-corrected chi connectivity index (χ3v) is 2.88. The minimum atomic E-state index is -0.365. The van der Waals surface area contributed by atoms with Crippen LogP contribution < -0.4 is 10.5 Å². The molecule has 0 aliphatic rings. The monoisotopic (exact) mass is 209 g/mol. The second kappa shape index (κ2) is 4.64. The van der Waals surface area contributed by atoms with Crippen LogP contribution in [-0.4, -0.2) is 25.4 Å². The van der Waals surface area contributed by atoms with E-state index in [0.29, 0.717) is 6.54 Å². The molecule has 84 valence electrons. The maximum absolute atomic E-state index is 9.38. The van der Waals surface area contributed by atoms with Gasteiger partial charge in [-0.25, -0.2) is 0 Å². The molecule has 0 saturated heterocycles. The summed E-state index contributed by atoms with van der Waals surface area (Å²) in [4.78, 5) is 0. The van der Waals surface area contributed by atoms with Gasteiger partial charge in [-0.15, -0.1) is 0 Å². The molecule has 1 unspecified atom stereocenters. The SMILES string of the molecule is COc1ccc(C(C)(CN)CO)c(C)c1. The Bertz CT molecular complexity index is 332. The largest absolute Gasteiger partial charge is 0.497 e. The average Bonchev–Trinajstić information content (AvgIpc) is 2.27. The zero-order valence-electron chi connectivity index (χ0n) is 9.58. The molecule has 3 N–H and O–H groups in total. The molecule has 0 radical (unpaired) electrons. The summed E-state index contributed by atoms with van der Waals surface area (Å²) < 4.78 is 5.14. The van der Waals surface area contributed by atoms with E-state index in [9.17, 15) is 5.11 Å². The number of benzene rings is 1. The van der Waals surface area contributed by atoms with Crippen molar-refractivity contribution >= 4 is 0 Å². The number of rotatable bonds is 4. The fourth-order valence-corrected chi connectivity index (χ4v) is 1.70. The third kappa shape index (κ3) is 2.30. The van der Waals surface area contributed by atoms with Gasteiger partial charge in [0.25, 0.3) is 0 Å². The highest BCUT2D eigenvalue weighted by Gasteiger charge is 2.25. The topological polar surface area (TPSA) is 55.5 Å².